The zero-order valence-corrected chi connectivity index (χ0v) is 20.5. The van der Waals surface area contributed by atoms with Crippen molar-refractivity contribution in [2.75, 3.05) is 6.54 Å². The van der Waals surface area contributed by atoms with Crippen LogP contribution in [0.5, 0.6) is 0 Å². The maximum Gasteiger partial charge on any atom is 0.256 e. The van der Waals surface area contributed by atoms with Crippen molar-refractivity contribution in [3.63, 3.8) is 0 Å². The molecule has 33 heavy (non-hydrogen) atoms. The maximum absolute atomic E-state index is 13.8. The van der Waals surface area contributed by atoms with Gasteiger partial charge in [-0.2, -0.15) is 0 Å². The van der Waals surface area contributed by atoms with Gasteiger partial charge in [0.15, 0.2) is 0 Å². The fourth-order valence-electron chi connectivity index (χ4n) is 4.08. The van der Waals surface area contributed by atoms with Gasteiger partial charge in [0.2, 0.25) is 0 Å². The molecule has 1 N–H and O–H groups in total. The summed E-state index contributed by atoms with van der Waals surface area (Å²) in [5.74, 6) is -0.0167. The summed E-state index contributed by atoms with van der Waals surface area (Å²) in [6.07, 6.45) is 2.64. The van der Waals surface area contributed by atoms with Crippen LogP contribution in [0.1, 0.15) is 53.4 Å². The fourth-order valence-corrected chi connectivity index (χ4v) is 4.30. The number of halogens is 1. The normalized spacial score (nSPS) is 11.7. The van der Waals surface area contributed by atoms with E-state index >= 15 is 0 Å². The van der Waals surface area contributed by atoms with Crippen LogP contribution < -0.4 is 0 Å². The minimum absolute atomic E-state index is 0.0167. The summed E-state index contributed by atoms with van der Waals surface area (Å²) in [6.45, 7) is 9.88. The summed E-state index contributed by atoms with van der Waals surface area (Å²) in [5, 5.41) is 1.51. The number of nitrogens with zero attached hydrogens (tertiary/aromatic N) is 1. The molecule has 3 aromatic carbocycles. The lowest BCUT2D eigenvalue weighted by atomic mass is 9.87. The number of hydrogen-bond donors (Lipinski definition) is 1. The first-order valence-electron chi connectivity index (χ1n) is 11.4. The highest BCUT2D eigenvalue weighted by atomic mass is 35.5. The number of carbonyl (C=O) groups excluding carboxylic acids is 1. The van der Waals surface area contributed by atoms with Crippen molar-refractivity contribution < 1.29 is 4.79 Å². The Morgan fingerprint density at radius 1 is 0.939 bits per heavy atom. The van der Waals surface area contributed by atoms with Crippen molar-refractivity contribution >= 4 is 28.4 Å². The van der Waals surface area contributed by atoms with Gasteiger partial charge in [0, 0.05) is 29.7 Å². The predicted molar refractivity (Wildman–Crippen MR) is 138 cm³/mol. The van der Waals surface area contributed by atoms with Gasteiger partial charge < -0.3 is 9.88 Å². The number of carbonyl (C=O) groups is 1. The molecule has 1 aromatic heterocycles. The van der Waals surface area contributed by atoms with E-state index < -0.39 is 0 Å². The van der Waals surface area contributed by atoms with E-state index in [1.165, 1.54) is 16.7 Å². The zero-order valence-electron chi connectivity index (χ0n) is 19.8. The Hall–Kier alpha value is -3.04. The number of hydrogen-bond acceptors (Lipinski definition) is 1. The molecule has 0 radical (unpaired) electrons. The molecule has 0 bridgehead atoms. The number of benzene rings is 3. The molecule has 0 aliphatic rings. The number of aromatic nitrogens is 1. The highest BCUT2D eigenvalue weighted by Gasteiger charge is 2.21. The molecule has 0 unspecified atom stereocenters. The Kier molecular flexibility index (Phi) is 6.62. The van der Waals surface area contributed by atoms with Crippen molar-refractivity contribution in [1.29, 1.82) is 0 Å². The van der Waals surface area contributed by atoms with E-state index in [-0.39, 0.29) is 11.3 Å². The molecular formula is C29H31ClN2O. The van der Waals surface area contributed by atoms with Gasteiger partial charge in [-0.1, -0.05) is 86.5 Å². The summed E-state index contributed by atoms with van der Waals surface area (Å²) in [7, 11) is 0. The number of aryl methyl sites for hydroxylation is 1. The van der Waals surface area contributed by atoms with Crippen LogP contribution in [-0.4, -0.2) is 22.3 Å². The van der Waals surface area contributed by atoms with Gasteiger partial charge in [0.1, 0.15) is 0 Å². The predicted octanol–water partition coefficient (Wildman–Crippen LogP) is 7.31. The SMILES string of the molecule is Cc1ccc(CCN(Cc2ccc(C(C)(C)C)cc2)C(=O)c2cc(Cl)cc3cc[nH]c23)cc1. The molecule has 0 saturated heterocycles. The summed E-state index contributed by atoms with van der Waals surface area (Å²) < 4.78 is 0. The third kappa shape index (κ3) is 5.48. The molecule has 0 atom stereocenters. The number of fused-ring (bicyclic) bond motifs is 1. The lowest BCUT2D eigenvalue weighted by molar-refractivity contribution is 0.0747. The van der Waals surface area contributed by atoms with Crippen LogP contribution in [0.2, 0.25) is 5.02 Å². The summed E-state index contributed by atoms with van der Waals surface area (Å²) in [6, 6.07) is 22.7. The van der Waals surface area contributed by atoms with Crippen LogP contribution in [0.15, 0.2) is 72.9 Å². The maximum atomic E-state index is 13.8. The monoisotopic (exact) mass is 458 g/mol. The second-order valence-electron chi connectivity index (χ2n) is 9.80. The Morgan fingerprint density at radius 3 is 2.27 bits per heavy atom. The van der Waals surface area contributed by atoms with E-state index in [0.29, 0.717) is 23.7 Å². The first kappa shape index (κ1) is 23.1. The zero-order chi connectivity index (χ0) is 23.6. The Morgan fingerprint density at radius 2 is 1.61 bits per heavy atom. The second-order valence-corrected chi connectivity index (χ2v) is 10.2. The topological polar surface area (TPSA) is 36.1 Å². The molecule has 3 nitrogen and oxygen atoms in total. The van der Waals surface area contributed by atoms with E-state index in [0.717, 1.165) is 22.9 Å². The van der Waals surface area contributed by atoms with Crippen molar-refractivity contribution in [3.8, 4) is 0 Å². The smallest absolute Gasteiger partial charge is 0.256 e. The lowest BCUT2D eigenvalue weighted by Gasteiger charge is -2.25. The van der Waals surface area contributed by atoms with Crippen molar-refractivity contribution in [3.05, 3.63) is 106 Å². The summed E-state index contributed by atoms with van der Waals surface area (Å²) in [5.41, 5.74) is 6.39. The van der Waals surface area contributed by atoms with Gasteiger partial charge in [-0.3, -0.25) is 4.79 Å². The van der Waals surface area contributed by atoms with E-state index in [4.69, 9.17) is 11.6 Å². The molecule has 170 valence electrons. The third-order valence-corrected chi connectivity index (χ3v) is 6.34. The van der Waals surface area contributed by atoms with Crippen LogP contribution >= 0.6 is 11.6 Å². The van der Waals surface area contributed by atoms with E-state index in [9.17, 15) is 4.79 Å². The molecule has 0 aliphatic carbocycles. The molecule has 1 amide bonds. The van der Waals surface area contributed by atoms with Gasteiger partial charge >= 0.3 is 0 Å². The Bertz CT molecular complexity index is 1250. The molecular weight excluding hydrogens is 428 g/mol. The van der Waals surface area contributed by atoms with Gasteiger partial charge in [0.05, 0.1) is 11.1 Å². The molecule has 1 heterocycles. The number of H-pyrrole nitrogens is 1. The quantitative estimate of drug-likeness (QED) is 0.323. The average molecular weight is 459 g/mol. The molecule has 0 fully saturated rings. The average Bonchev–Trinajstić information content (AvgIpc) is 3.25. The largest absolute Gasteiger partial charge is 0.361 e. The van der Waals surface area contributed by atoms with Gasteiger partial charge in [0.25, 0.3) is 5.91 Å². The van der Waals surface area contributed by atoms with E-state index in [1.54, 1.807) is 6.07 Å². The fraction of sp³-hybridized carbons (Fsp3) is 0.276. The molecule has 0 spiro atoms. The first-order valence-corrected chi connectivity index (χ1v) is 11.8. The Labute approximate surface area is 201 Å². The number of amides is 1. The summed E-state index contributed by atoms with van der Waals surface area (Å²) >= 11 is 6.35. The molecule has 4 rings (SSSR count). The highest BCUT2D eigenvalue weighted by molar-refractivity contribution is 6.32. The van der Waals surface area contributed by atoms with Crippen molar-refractivity contribution in [1.82, 2.24) is 9.88 Å². The van der Waals surface area contributed by atoms with Gasteiger partial charge in [-0.15, -0.1) is 0 Å². The van der Waals surface area contributed by atoms with Crippen LogP contribution in [-0.2, 0) is 18.4 Å². The van der Waals surface area contributed by atoms with Crippen molar-refractivity contribution in [2.45, 2.75) is 46.1 Å². The second kappa shape index (κ2) is 9.44. The lowest BCUT2D eigenvalue weighted by Crippen LogP contribution is -2.32. The minimum Gasteiger partial charge on any atom is -0.361 e. The minimum atomic E-state index is -0.0167. The first-order chi connectivity index (χ1) is 15.7. The number of rotatable bonds is 6. The van der Waals surface area contributed by atoms with Gasteiger partial charge in [-0.05, 0) is 53.6 Å². The summed E-state index contributed by atoms with van der Waals surface area (Å²) in [4.78, 5) is 18.9. The Balaban J connectivity index is 1.63. The van der Waals surface area contributed by atoms with Crippen LogP contribution in [0.25, 0.3) is 10.9 Å². The number of aromatic amines is 1. The van der Waals surface area contributed by atoms with Crippen molar-refractivity contribution in [2.24, 2.45) is 0 Å². The molecule has 0 aliphatic heterocycles. The molecule has 0 saturated carbocycles. The molecule has 4 heteroatoms. The number of nitrogens with one attached hydrogen (secondary N) is 1. The standard InChI is InChI=1S/C29H31ClN2O/c1-20-5-7-21(8-6-20)14-16-32(19-22-9-11-24(12-10-22)29(2,3)4)28(33)26-18-25(30)17-23-13-15-31-27(23)26/h5-13,15,17-18,31H,14,16,19H2,1-4H3. The van der Waals surface area contributed by atoms with Crippen LogP contribution in [0.3, 0.4) is 0 Å². The van der Waals surface area contributed by atoms with Crippen LogP contribution in [0.4, 0.5) is 0 Å². The molecule has 4 aromatic rings. The highest BCUT2D eigenvalue weighted by Crippen LogP contribution is 2.26. The van der Waals surface area contributed by atoms with Crippen LogP contribution in [0, 0.1) is 6.92 Å². The van der Waals surface area contributed by atoms with E-state index in [1.807, 2.05) is 23.2 Å². The van der Waals surface area contributed by atoms with Gasteiger partial charge in [-0.25, -0.2) is 0 Å². The van der Waals surface area contributed by atoms with E-state index in [2.05, 4.69) is 81.2 Å². The third-order valence-electron chi connectivity index (χ3n) is 6.13.